The molecule has 0 aliphatic heterocycles. The second-order valence-corrected chi connectivity index (χ2v) is 9.46. The quantitative estimate of drug-likeness (QED) is 0.427. The van der Waals surface area contributed by atoms with Gasteiger partial charge in [-0.25, -0.2) is 0 Å². The SMILES string of the molecule is COc1cc(OC)c([C@H]2CC(=O)C[C@H](c3cc(Br)c(OC)cc3OC)C2C(C)=O)cc1Br. The van der Waals surface area contributed by atoms with Gasteiger partial charge in [0.25, 0.3) is 0 Å². The van der Waals surface area contributed by atoms with E-state index in [1.165, 1.54) is 0 Å². The lowest BCUT2D eigenvalue weighted by Gasteiger charge is -2.38. The normalized spacial score (nSPS) is 18.9. The van der Waals surface area contributed by atoms with Crippen LogP contribution >= 0.6 is 31.9 Å². The molecule has 2 aromatic carbocycles. The fourth-order valence-electron chi connectivity index (χ4n) is 4.63. The molecular weight excluding hydrogens is 544 g/mol. The highest BCUT2D eigenvalue weighted by Crippen LogP contribution is 2.51. The summed E-state index contributed by atoms with van der Waals surface area (Å²) < 4.78 is 23.5. The van der Waals surface area contributed by atoms with E-state index < -0.39 is 5.92 Å². The Bertz CT molecular complexity index is 962. The first-order chi connectivity index (χ1) is 15.2. The summed E-state index contributed by atoms with van der Waals surface area (Å²) in [7, 11) is 6.29. The highest BCUT2D eigenvalue weighted by Gasteiger charge is 2.43. The Balaban J connectivity index is 2.18. The molecule has 0 saturated heterocycles. The van der Waals surface area contributed by atoms with Crippen molar-refractivity contribution >= 4 is 43.4 Å². The molecule has 3 rings (SSSR count). The predicted octanol–water partition coefficient (Wildman–Crippen LogP) is 5.68. The molecule has 8 heteroatoms. The maximum absolute atomic E-state index is 13.0. The van der Waals surface area contributed by atoms with E-state index in [0.717, 1.165) is 20.1 Å². The summed E-state index contributed by atoms with van der Waals surface area (Å²) in [5.41, 5.74) is 1.59. The van der Waals surface area contributed by atoms with Crippen molar-refractivity contribution in [1.29, 1.82) is 0 Å². The molecule has 1 fully saturated rings. The van der Waals surface area contributed by atoms with E-state index in [4.69, 9.17) is 18.9 Å². The maximum atomic E-state index is 13.0. The fourth-order valence-corrected chi connectivity index (χ4v) is 5.67. The minimum atomic E-state index is -0.434. The number of rotatable bonds is 7. The highest BCUT2D eigenvalue weighted by atomic mass is 79.9. The lowest BCUT2D eigenvalue weighted by Crippen LogP contribution is -2.35. The molecule has 0 aromatic heterocycles. The second-order valence-electron chi connectivity index (χ2n) is 7.75. The van der Waals surface area contributed by atoms with Crippen LogP contribution in [0.1, 0.15) is 42.7 Å². The number of hydrogen-bond acceptors (Lipinski definition) is 6. The number of carbonyl (C=O) groups excluding carboxylic acids is 2. The van der Waals surface area contributed by atoms with E-state index in [0.29, 0.717) is 23.0 Å². The average Bonchev–Trinajstić information content (AvgIpc) is 2.77. The summed E-state index contributed by atoms with van der Waals surface area (Å²) in [6, 6.07) is 7.31. The van der Waals surface area contributed by atoms with E-state index in [9.17, 15) is 9.59 Å². The molecule has 6 nitrogen and oxygen atoms in total. The predicted molar refractivity (Wildman–Crippen MR) is 128 cm³/mol. The van der Waals surface area contributed by atoms with Crippen LogP contribution < -0.4 is 18.9 Å². The van der Waals surface area contributed by atoms with Gasteiger partial charge in [0.15, 0.2) is 0 Å². The lowest BCUT2D eigenvalue weighted by molar-refractivity contribution is -0.127. The third-order valence-electron chi connectivity index (χ3n) is 6.04. The van der Waals surface area contributed by atoms with E-state index in [2.05, 4.69) is 31.9 Å². The third kappa shape index (κ3) is 4.66. The number of halogens is 2. The third-order valence-corrected chi connectivity index (χ3v) is 7.28. The van der Waals surface area contributed by atoms with Gasteiger partial charge >= 0.3 is 0 Å². The molecule has 1 saturated carbocycles. The maximum Gasteiger partial charge on any atom is 0.136 e. The van der Waals surface area contributed by atoms with Gasteiger partial charge in [0.2, 0.25) is 0 Å². The number of carbonyl (C=O) groups is 2. The van der Waals surface area contributed by atoms with Gasteiger partial charge in [-0.15, -0.1) is 0 Å². The number of hydrogen-bond donors (Lipinski definition) is 0. The van der Waals surface area contributed by atoms with Crippen LogP contribution in [0.25, 0.3) is 0 Å². The van der Waals surface area contributed by atoms with Gasteiger partial charge in [-0.05, 0) is 62.0 Å². The number of ketones is 2. The first-order valence-electron chi connectivity index (χ1n) is 10.1. The van der Waals surface area contributed by atoms with Crippen molar-refractivity contribution in [3.05, 3.63) is 44.3 Å². The topological polar surface area (TPSA) is 71.1 Å². The minimum absolute atomic E-state index is 0.00971. The van der Waals surface area contributed by atoms with Gasteiger partial charge in [-0.1, -0.05) is 0 Å². The summed E-state index contributed by atoms with van der Waals surface area (Å²) >= 11 is 7.05. The van der Waals surface area contributed by atoms with Crippen LogP contribution in [0.3, 0.4) is 0 Å². The van der Waals surface area contributed by atoms with Gasteiger partial charge in [0.1, 0.15) is 34.6 Å². The Kier molecular flexibility index (Phi) is 7.88. The zero-order chi connectivity index (χ0) is 23.6. The van der Waals surface area contributed by atoms with Crippen molar-refractivity contribution < 1.29 is 28.5 Å². The molecule has 32 heavy (non-hydrogen) atoms. The number of Topliss-reactive ketones (excluding diaryl/α,β-unsaturated/α-hetero) is 2. The van der Waals surface area contributed by atoms with Crippen molar-refractivity contribution in [2.24, 2.45) is 5.92 Å². The van der Waals surface area contributed by atoms with Crippen molar-refractivity contribution in [3.63, 3.8) is 0 Å². The van der Waals surface area contributed by atoms with Gasteiger partial charge < -0.3 is 18.9 Å². The first-order valence-corrected chi connectivity index (χ1v) is 11.7. The minimum Gasteiger partial charge on any atom is -0.496 e. The fraction of sp³-hybridized carbons (Fsp3) is 0.417. The number of ether oxygens (including phenoxy) is 4. The van der Waals surface area contributed by atoms with Gasteiger partial charge in [0, 0.05) is 42.7 Å². The van der Waals surface area contributed by atoms with Gasteiger partial charge in [-0.3, -0.25) is 9.59 Å². The molecule has 0 amide bonds. The smallest absolute Gasteiger partial charge is 0.136 e. The molecule has 0 N–H and O–H groups in total. The van der Waals surface area contributed by atoms with Gasteiger partial charge in [0.05, 0.1) is 37.4 Å². The van der Waals surface area contributed by atoms with Crippen LogP contribution in [0.5, 0.6) is 23.0 Å². The van der Waals surface area contributed by atoms with Crippen LogP contribution in [-0.4, -0.2) is 40.0 Å². The number of benzene rings is 2. The molecule has 2 atom stereocenters. The molecule has 0 radical (unpaired) electrons. The van der Waals surface area contributed by atoms with Crippen LogP contribution in [0.15, 0.2) is 33.2 Å². The number of methoxy groups -OCH3 is 4. The van der Waals surface area contributed by atoms with Crippen molar-refractivity contribution in [2.75, 3.05) is 28.4 Å². The lowest BCUT2D eigenvalue weighted by atomic mass is 9.65. The Morgan fingerprint density at radius 3 is 1.44 bits per heavy atom. The largest absolute Gasteiger partial charge is 0.496 e. The Hall–Kier alpha value is -2.06. The van der Waals surface area contributed by atoms with Crippen molar-refractivity contribution in [3.8, 4) is 23.0 Å². The monoisotopic (exact) mass is 568 g/mol. The molecule has 0 spiro atoms. The van der Waals surface area contributed by atoms with Crippen LogP contribution in [0.2, 0.25) is 0 Å². The molecular formula is C24H26Br2O6. The summed E-state index contributed by atoms with van der Waals surface area (Å²) in [5, 5.41) is 0. The van der Waals surface area contributed by atoms with E-state index in [-0.39, 0.29) is 36.2 Å². The van der Waals surface area contributed by atoms with Crippen LogP contribution in [0.4, 0.5) is 0 Å². The molecule has 2 aromatic rings. The molecule has 0 heterocycles. The average molecular weight is 570 g/mol. The van der Waals surface area contributed by atoms with E-state index >= 15 is 0 Å². The summed E-state index contributed by atoms with van der Waals surface area (Å²) in [4.78, 5) is 26.0. The molecule has 1 aliphatic rings. The van der Waals surface area contributed by atoms with E-state index in [1.54, 1.807) is 47.5 Å². The molecule has 172 valence electrons. The summed E-state index contributed by atoms with van der Waals surface area (Å²) in [6.07, 6.45) is 0.519. The zero-order valence-electron chi connectivity index (χ0n) is 18.7. The molecule has 1 aliphatic carbocycles. The van der Waals surface area contributed by atoms with Crippen molar-refractivity contribution in [1.82, 2.24) is 0 Å². The van der Waals surface area contributed by atoms with Crippen LogP contribution in [-0.2, 0) is 9.59 Å². The van der Waals surface area contributed by atoms with Gasteiger partial charge in [-0.2, -0.15) is 0 Å². The first kappa shape index (κ1) is 24.6. The Morgan fingerprint density at radius 2 is 1.12 bits per heavy atom. The van der Waals surface area contributed by atoms with Crippen LogP contribution in [0, 0.1) is 5.92 Å². The molecule has 0 bridgehead atoms. The van der Waals surface area contributed by atoms with E-state index in [1.807, 2.05) is 12.1 Å². The Morgan fingerprint density at radius 1 is 0.750 bits per heavy atom. The summed E-state index contributed by atoms with van der Waals surface area (Å²) in [6.45, 7) is 1.58. The van der Waals surface area contributed by atoms with Crippen molar-refractivity contribution in [2.45, 2.75) is 31.6 Å². The Labute approximate surface area is 204 Å². The zero-order valence-corrected chi connectivity index (χ0v) is 21.8. The highest BCUT2D eigenvalue weighted by molar-refractivity contribution is 9.10. The molecule has 0 unspecified atom stereocenters. The summed E-state index contributed by atoms with van der Waals surface area (Å²) in [5.74, 6) is 1.36. The second kappa shape index (κ2) is 10.3. The standard InChI is InChI=1S/C24H26Br2O6/c1-12(27)24-16(14-8-18(25)22(31-4)10-20(14)29-2)6-13(28)7-17(24)15-9-19(26)23(32-5)11-21(15)30-3/h8-11,16-17,24H,6-7H2,1-5H3/t16-,17-/m1/s1.